The molecule has 6 N–H and O–H groups in total. The van der Waals surface area contributed by atoms with Gasteiger partial charge in [0.25, 0.3) is 0 Å². The van der Waals surface area contributed by atoms with Crippen LogP contribution in [-0.4, -0.2) is 87.1 Å². The Morgan fingerprint density at radius 1 is 1.14 bits per heavy atom. The molecule has 3 rings (SSSR count). The number of esters is 1. The molecule has 35 heavy (non-hydrogen) atoms. The minimum Gasteiger partial charge on any atom is -0.432 e. The molecular weight excluding hydrogens is 456 g/mol. The predicted molar refractivity (Wildman–Crippen MR) is 127 cm³/mol. The molecular formula is C26H42O9. The lowest BCUT2D eigenvalue weighted by Crippen LogP contribution is -2.61. The summed E-state index contributed by atoms with van der Waals surface area (Å²) in [5.74, 6) is -0.411. The van der Waals surface area contributed by atoms with Gasteiger partial charge in [0.15, 0.2) is 0 Å². The van der Waals surface area contributed by atoms with Crippen molar-refractivity contribution in [2.24, 2.45) is 22.7 Å². The quantitative estimate of drug-likeness (QED) is 0.210. The topological polar surface area (TPSA) is 157 Å². The van der Waals surface area contributed by atoms with Gasteiger partial charge in [0.1, 0.15) is 24.4 Å². The van der Waals surface area contributed by atoms with Crippen molar-refractivity contribution in [3.63, 3.8) is 0 Å². The summed E-state index contributed by atoms with van der Waals surface area (Å²) in [7, 11) is 0. The van der Waals surface area contributed by atoms with Gasteiger partial charge in [0, 0.05) is 0 Å². The SMILES string of the molecule is C=C1CC[C@@H]2[C@](C)(CCC[C@]2(C)C(=O)O[C@@H]2O[C@H](CO)[C@@H](O)[C@H](O)[C@H]2O)[C@H]1CC/C(=C\CO)CO. The van der Waals surface area contributed by atoms with Gasteiger partial charge in [-0.05, 0) is 68.3 Å². The van der Waals surface area contributed by atoms with Crippen LogP contribution < -0.4 is 0 Å². The number of fused-ring (bicyclic) bond motifs is 1. The fraction of sp³-hybridized carbons (Fsp3) is 0.808. The Balaban J connectivity index is 1.80. The standard InChI is InChI=1S/C26H42O9/c1-15-5-8-19-25(2,17(15)7-6-16(13-28)9-12-27)10-4-11-26(19,3)24(33)35-23-22(32)21(31)20(30)18(14-29)34-23/h9,17-23,27-32H,1,4-8,10-14H2,2-3H3/b16-9+/t17-,18+,19+,20+,21-,22+,23-,25+,26-/m0/s1. The maximum Gasteiger partial charge on any atom is 0.314 e. The molecule has 3 fully saturated rings. The number of carbonyl (C=O) groups is 1. The summed E-state index contributed by atoms with van der Waals surface area (Å²) < 4.78 is 11.0. The average molecular weight is 499 g/mol. The first-order valence-corrected chi connectivity index (χ1v) is 12.6. The van der Waals surface area contributed by atoms with Gasteiger partial charge in [-0.25, -0.2) is 0 Å². The number of allylic oxidation sites excluding steroid dienone is 1. The van der Waals surface area contributed by atoms with Crippen LogP contribution in [0, 0.1) is 22.7 Å². The first kappa shape index (κ1) is 28.2. The summed E-state index contributed by atoms with van der Waals surface area (Å²) in [4.78, 5) is 13.6. The van der Waals surface area contributed by atoms with Crippen molar-refractivity contribution in [3.05, 3.63) is 23.8 Å². The minimum atomic E-state index is -1.63. The third-order valence-electron chi connectivity index (χ3n) is 8.89. The van der Waals surface area contributed by atoms with Crippen molar-refractivity contribution >= 4 is 5.97 Å². The molecule has 0 spiro atoms. The molecule has 0 radical (unpaired) electrons. The summed E-state index contributed by atoms with van der Waals surface area (Å²) in [6, 6.07) is 0. The van der Waals surface area contributed by atoms with E-state index >= 15 is 0 Å². The van der Waals surface area contributed by atoms with Gasteiger partial charge in [-0.1, -0.05) is 31.6 Å². The van der Waals surface area contributed by atoms with E-state index in [9.17, 15) is 35.4 Å². The molecule has 1 aliphatic heterocycles. The van der Waals surface area contributed by atoms with E-state index in [1.54, 1.807) is 6.08 Å². The molecule has 9 atom stereocenters. The van der Waals surface area contributed by atoms with Crippen LogP contribution >= 0.6 is 0 Å². The van der Waals surface area contributed by atoms with Crippen LogP contribution in [-0.2, 0) is 14.3 Å². The van der Waals surface area contributed by atoms with E-state index in [-0.39, 0.29) is 30.5 Å². The van der Waals surface area contributed by atoms with E-state index in [4.69, 9.17) is 9.47 Å². The smallest absolute Gasteiger partial charge is 0.314 e. The molecule has 2 aliphatic carbocycles. The normalized spacial score (nSPS) is 42.5. The molecule has 0 aromatic carbocycles. The minimum absolute atomic E-state index is 0.0176. The van der Waals surface area contributed by atoms with E-state index in [0.29, 0.717) is 12.8 Å². The van der Waals surface area contributed by atoms with E-state index in [2.05, 4.69) is 13.5 Å². The maximum absolute atomic E-state index is 13.6. The van der Waals surface area contributed by atoms with Crippen LogP contribution in [0.2, 0.25) is 0 Å². The number of hydrogen-bond donors (Lipinski definition) is 6. The second-order valence-electron chi connectivity index (χ2n) is 10.9. The summed E-state index contributed by atoms with van der Waals surface area (Å²) >= 11 is 0. The van der Waals surface area contributed by atoms with Crippen LogP contribution in [0.3, 0.4) is 0 Å². The average Bonchev–Trinajstić information content (AvgIpc) is 2.82. The Morgan fingerprint density at radius 2 is 1.86 bits per heavy atom. The molecule has 0 aromatic heterocycles. The third-order valence-corrected chi connectivity index (χ3v) is 8.89. The zero-order valence-electron chi connectivity index (χ0n) is 20.8. The third kappa shape index (κ3) is 5.37. The van der Waals surface area contributed by atoms with Crippen molar-refractivity contribution in [2.45, 2.75) is 89.5 Å². The highest BCUT2D eigenvalue weighted by molar-refractivity contribution is 5.77. The zero-order chi connectivity index (χ0) is 26.0. The Bertz CT molecular complexity index is 796. The molecule has 0 bridgehead atoms. The number of rotatable bonds is 8. The monoisotopic (exact) mass is 498 g/mol. The van der Waals surface area contributed by atoms with E-state index in [1.807, 2.05) is 6.92 Å². The van der Waals surface area contributed by atoms with Gasteiger partial charge in [-0.15, -0.1) is 0 Å². The van der Waals surface area contributed by atoms with Gasteiger partial charge < -0.3 is 40.1 Å². The number of ether oxygens (including phenoxy) is 2. The largest absolute Gasteiger partial charge is 0.432 e. The summed E-state index contributed by atoms with van der Waals surface area (Å²) in [5, 5.41) is 58.7. The number of carbonyl (C=O) groups excluding carboxylic acids is 1. The lowest BCUT2D eigenvalue weighted by Gasteiger charge is -2.58. The molecule has 9 heteroatoms. The maximum atomic E-state index is 13.6. The highest BCUT2D eigenvalue weighted by atomic mass is 16.7. The summed E-state index contributed by atoms with van der Waals surface area (Å²) in [5.41, 5.74) is 0.838. The van der Waals surface area contributed by atoms with Crippen molar-refractivity contribution in [1.82, 2.24) is 0 Å². The van der Waals surface area contributed by atoms with Gasteiger partial charge in [-0.3, -0.25) is 4.79 Å². The van der Waals surface area contributed by atoms with Gasteiger partial charge in [-0.2, -0.15) is 0 Å². The molecule has 0 amide bonds. The van der Waals surface area contributed by atoms with Gasteiger partial charge >= 0.3 is 5.97 Å². The fourth-order valence-corrected chi connectivity index (χ4v) is 6.84. The first-order chi connectivity index (χ1) is 16.5. The Morgan fingerprint density at radius 3 is 2.49 bits per heavy atom. The number of aliphatic hydroxyl groups is 6. The van der Waals surface area contributed by atoms with Crippen LogP contribution in [0.25, 0.3) is 0 Å². The van der Waals surface area contributed by atoms with Crippen molar-refractivity contribution in [3.8, 4) is 0 Å². The highest BCUT2D eigenvalue weighted by Gasteiger charge is 2.58. The molecule has 9 nitrogen and oxygen atoms in total. The molecule has 0 unspecified atom stereocenters. The lowest BCUT2D eigenvalue weighted by molar-refractivity contribution is -0.297. The Hall–Kier alpha value is -1.33. The fourth-order valence-electron chi connectivity index (χ4n) is 6.84. The second-order valence-corrected chi connectivity index (χ2v) is 10.9. The van der Waals surface area contributed by atoms with Crippen LogP contribution in [0.1, 0.15) is 58.8 Å². The second kappa shape index (κ2) is 11.4. The molecule has 2 saturated carbocycles. The lowest BCUT2D eigenvalue weighted by atomic mass is 9.46. The molecule has 1 heterocycles. The molecule has 1 saturated heterocycles. The first-order valence-electron chi connectivity index (χ1n) is 12.6. The summed E-state index contributed by atoms with van der Waals surface area (Å²) in [6.45, 7) is 7.59. The molecule has 3 aliphatic rings. The van der Waals surface area contributed by atoms with E-state index < -0.39 is 48.7 Å². The van der Waals surface area contributed by atoms with E-state index in [0.717, 1.165) is 43.3 Å². The number of aliphatic hydroxyl groups excluding tert-OH is 6. The van der Waals surface area contributed by atoms with Crippen LogP contribution in [0.5, 0.6) is 0 Å². The van der Waals surface area contributed by atoms with Crippen LogP contribution in [0.4, 0.5) is 0 Å². The van der Waals surface area contributed by atoms with Gasteiger partial charge in [0.05, 0.1) is 25.2 Å². The highest BCUT2D eigenvalue weighted by Crippen LogP contribution is 2.62. The van der Waals surface area contributed by atoms with Crippen molar-refractivity contribution in [2.75, 3.05) is 19.8 Å². The van der Waals surface area contributed by atoms with Crippen molar-refractivity contribution < 1.29 is 44.9 Å². The zero-order valence-corrected chi connectivity index (χ0v) is 20.8. The Kier molecular flexibility index (Phi) is 9.18. The predicted octanol–water partition coefficient (Wildman–Crippen LogP) is 0.800. The van der Waals surface area contributed by atoms with Crippen LogP contribution in [0.15, 0.2) is 23.8 Å². The van der Waals surface area contributed by atoms with E-state index in [1.165, 1.54) is 0 Å². The Labute approximate surface area is 207 Å². The van der Waals surface area contributed by atoms with Gasteiger partial charge in [0.2, 0.25) is 6.29 Å². The molecule has 0 aromatic rings. The molecule has 200 valence electrons. The number of hydrogen-bond acceptors (Lipinski definition) is 9. The van der Waals surface area contributed by atoms with Crippen molar-refractivity contribution in [1.29, 1.82) is 0 Å². The summed E-state index contributed by atoms with van der Waals surface area (Å²) in [6.07, 6.45) is -0.515.